The molecule has 4 nitrogen and oxygen atoms in total. The van der Waals surface area contributed by atoms with E-state index in [4.69, 9.17) is 14.6 Å². The van der Waals surface area contributed by atoms with Gasteiger partial charge in [0.05, 0.1) is 0 Å². The molecule has 4 heteroatoms. The molecule has 0 bridgehead atoms. The van der Waals surface area contributed by atoms with Crippen LogP contribution in [0.2, 0.25) is 0 Å². The first kappa shape index (κ1) is 11.7. The number of methoxy groups -OCH3 is 2. The van der Waals surface area contributed by atoms with Crippen molar-refractivity contribution in [3.63, 3.8) is 0 Å². The molecule has 1 atom stereocenters. The summed E-state index contributed by atoms with van der Waals surface area (Å²) in [6, 6.07) is 8.88. The van der Waals surface area contributed by atoms with Crippen molar-refractivity contribution in [1.82, 2.24) is 0 Å². The minimum atomic E-state index is -0.963. The average Bonchev–Trinajstić information content (AvgIpc) is 2.26. The SMILES string of the molecule is COC(OC)C(C(=O)O)c1ccccc1. The van der Waals surface area contributed by atoms with E-state index >= 15 is 0 Å². The van der Waals surface area contributed by atoms with Crippen molar-refractivity contribution in [2.75, 3.05) is 14.2 Å². The Bertz CT molecular complexity index is 306. The standard InChI is InChI=1S/C11H14O4/c1-14-11(15-2)9(10(12)13)8-6-4-3-5-7-8/h3-7,9,11H,1-2H3,(H,12,13). The van der Waals surface area contributed by atoms with Crippen molar-refractivity contribution in [2.24, 2.45) is 0 Å². The summed E-state index contributed by atoms with van der Waals surface area (Å²) in [7, 11) is 2.85. The summed E-state index contributed by atoms with van der Waals surface area (Å²) in [6.07, 6.45) is -0.773. The maximum atomic E-state index is 11.1. The molecule has 0 spiro atoms. The van der Waals surface area contributed by atoms with E-state index in [2.05, 4.69) is 0 Å². The number of rotatable bonds is 5. The van der Waals surface area contributed by atoms with E-state index in [1.54, 1.807) is 24.3 Å². The van der Waals surface area contributed by atoms with Gasteiger partial charge in [0.25, 0.3) is 0 Å². The highest BCUT2D eigenvalue weighted by molar-refractivity contribution is 5.76. The normalized spacial score (nSPS) is 12.7. The van der Waals surface area contributed by atoms with Crippen molar-refractivity contribution in [3.05, 3.63) is 35.9 Å². The van der Waals surface area contributed by atoms with Crippen LogP contribution in [0.15, 0.2) is 30.3 Å². The third-order valence-electron chi connectivity index (χ3n) is 2.16. The lowest BCUT2D eigenvalue weighted by Crippen LogP contribution is -2.29. The molecule has 0 fully saturated rings. The van der Waals surface area contributed by atoms with Crippen molar-refractivity contribution in [3.8, 4) is 0 Å². The predicted molar refractivity (Wildman–Crippen MR) is 54.6 cm³/mol. The van der Waals surface area contributed by atoms with Crippen molar-refractivity contribution >= 4 is 5.97 Å². The van der Waals surface area contributed by atoms with Gasteiger partial charge < -0.3 is 14.6 Å². The summed E-state index contributed by atoms with van der Waals surface area (Å²) in [6.45, 7) is 0. The van der Waals surface area contributed by atoms with Gasteiger partial charge in [0.1, 0.15) is 5.92 Å². The molecule has 82 valence electrons. The number of carboxylic acids is 1. The molecule has 1 rings (SSSR count). The van der Waals surface area contributed by atoms with Crippen LogP contribution in [0, 0.1) is 0 Å². The van der Waals surface area contributed by atoms with E-state index < -0.39 is 18.2 Å². The van der Waals surface area contributed by atoms with Gasteiger partial charge in [-0.1, -0.05) is 30.3 Å². The summed E-state index contributed by atoms with van der Waals surface area (Å²) in [4.78, 5) is 11.1. The number of benzene rings is 1. The minimum Gasteiger partial charge on any atom is -0.481 e. The Balaban J connectivity index is 2.97. The summed E-state index contributed by atoms with van der Waals surface area (Å²) in [5, 5.41) is 9.10. The van der Waals surface area contributed by atoms with Crippen LogP contribution in [0.5, 0.6) is 0 Å². The third-order valence-corrected chi connectivity index (χ3v) is 2.16. The van der Waals surface area contributed by atoms with Crippen molar-refractivity contribution in [1.29, 1.82) is 0 Å². The van der Waals surface area contributed by atoms with Crippen molar-refractivity contribution in [2.45, 2.75) is 12.2 Å². The van der Waals surface area contributed by atoms with Crippen LogP contribution in [0.25, 0.3) is 0 Å². The first-order valence-electron chi connectivity index (χ1n) is 4.54. The molecule has 0 aliphatic carbocycles. The van der Waals surface area contributed by atoms with E-state index in [0.717, 1.165) is 0 Å². The van der Waals surface area contributed by atoms with Crippen LogP contribution < -0.4 is 0 Å². The molecule has 0 amide bonds. The highest BCUT2D eigenvalue weighted by atomic mass is 16.7. The van der Waals surface area contributed by atoms with Gasteiger partial charge in [0.2, 0.25) is 0 Å². The van der Waals surface area contributed by atoms with E-state index in [9.17, 15) is 4.79 Å². The lowest BCUT2D eigenvalue weighted by molar-refractivity contribution is -0.160. The number of aliphatic carboxylic acids is 1. The second-order valence-corrected chi connectivity index (χ2v) is 3.07. The Labute approximate surface area is 88.4 Å². The molecule has 1 unspecified atom stereocenters. The minimum absolute atomic E-state index is 0.665. The lowest BCUT2D eigenvalue weighted by Gasteiger charge is -2.21. The Hall–Kier alpha value is -1.39. The van der Waals surface area contributed by atoms with Gasteiger partial charge in [-0.05, 0) is 5.56 Å². The molecular formula is C11H14O4. The third kappa shape index (κ3) is 2.78. The fraction of sp³-hybridized carbons (Fsp3) is 0.364. The zero-order chi connectivity index (χ0) is 11.3. The lowest BCUT2D eigenvalue weighted by atomic mass is 9.99. The second-order valence-electron chi connectivity index (χ2n) is 3.07. The maximum Gasteiger partial charge on any atom is 0.316 e. The Morgan fingerprint density at radius 3 is 2.13 bits per heavy atom. The molecule has 0 radical (unpaired) electrons. The first-order valence-corrected chi connectivity index (χ1v) is 4.54. The molecule has 0 saturated heterocycles. The van der Waals surface area contributed by atoms with Crippen LogP contribution in [0.3, 0.4) is 0 Å². The molecular weight excluding hydrogens is 196 g/mol. The quantitative estimate of drug-likeness (QED) is 0.748. The maximum absolute atomic E-state index is 11.1. The van der Waals surface area contributed by atoms with Crippen LogP contribution in [-0.2, 0) is 14.3 Å². The predicted octanol–water partition coefficient (Wildman–Crippen LogP) is 1.47. The zero-order valence-corrected chi connectivity index (χ0v) is 8.71. The van der Waals surface area contributed by atoms with Crippen molar-refractivity contribution < 1.29 is 19.4 Å². The van der Waals surface area contributed by atoms with E-state index in [1.165, 1.54) is 14.2 Å². The number of carboxylic acid groups (broad SMARTS) is 1. The molecule has 15 heavy (non-hydrogen) atoms. The summed E-state index contributed by atoms with van der Waals surface area (Å²) >= 11 is 0. The zero-order valence-electron chi connectivity index (χ0n) is 8.71. The molecule has 1 aromatic rings. The van der Waals surface area contributed by atoms with Gasteiger partial charge in [-0.2, -0.15) is 0 Å². The van der Waals surface area contributed by atoms with Crippen LogP contribution in [0.4, 0.5) is 0 Å². The topological polar surface area (TPSA) is 55.8 Å². The van der Waals surface area contributed by atoms with Crippen LogP contribution in [0.1, 0.15) is 11.5 Å². The Kier molecular flexibility index (Phi) is 4.27. The second kappa shape index (κ2) is 5.48. The van der Waals surface area contributed by atoms with Gasteiger partial charge in [0.15, 0.2) is 6.29 Å². The van der Waals surface area contributed by atoms with Gasteiger partial charge in [-0.3, -0.25) is 4.79 Å². The highest BCUT2D eigenvalue weighted by Crippen LogP contribution is 2.22. The molecule has 0 aliphatic rings. The monoisotopic (exact) mass is 210 g/mol. The molecule has 0 heterocycles. The smallest absolute Gasteiger partial charge is 0.316 e. The number of hydrogen-bond donors (Lipinski definition) is 1. The Morgan fingerprint density at radius 2 is 1.73 bits per heavy atom. The number of ether oxygens (including phenoxy) is 2. The van der Waals surface area contributed by atoms with E-state index in [-0.39, 0.29) is 0 Å². The molecule has 0 aliphatic heterocycles. The van der Waals surface area contributed by atoms with E-state index in [0.29, 0.717) is 5.56 Å². The Morgan fingerprint density at radius 1 is 1.20 bits per heavy atom. The summed E-state index contributed by atoms with van der Waals surface area (Å²) in [5.74, 6) is -1.77. The van der Waals surface area contributed by atoms with E-state index in [1.807, 2.05) is 6.07 Å². The molecule has 1 N–H and O–H groups in total. The van der Waals surface area contributed by atoms with Gasteiger partial charge in [-0.25, -0.2) is 0 Å². The summed E-state index contributed by atoms with van der Waals surface area (Å²) in [5.41, 5.74) is 0.665. The van der Waals surface area contributed by atoms with Crippen LogP contribution >= 0.6 is 0 Å². The molecule has 1 aromatic carbocycles. The molecule has 0 aromatic heterocycles. The highest BCUT2D eigenvalue weighted by Gasteiger charge is 2.29. The van der Waals surface area contributed by atoms with Gasteiger partial charge >= 0.3 is 5.97 Å². The molecule has 0 saturated carbocycles. The summed E-state index contributed by atoms with van der Waals surface area (Å²) < 4.78 is 9.95. The van der Waals surface area contributed by atoms with Crippen LogP contribution in [-0.4, -0.2) is 31.6 Å². The fourth-order valence-corrected chi connectivity index (χ4v) is 1.44. The van der Waals surface area contributed by atoms with Gasteiger partial charge in [0, 0.05) is 14.2 Å². The average molecular weight is 210 g/mol. The number of carbonyl (C=O) groups is 1. The fourth-order valence-electron chi connectivity index (χ4n) is 1.44. The van der Waals surface area contributed by atoms with Gasteiger partial charge in [-0.15, -0.1) is 0 Å². The number of hydrogen-bond acceptors (Lipinski definition) is 3. The first-order chi connectivity index (χ1) is 7.20. The largest absolute Gasteiger partial charge is 0.481 e.